The fourth-order valence-electron chi connectivity index (χ4n) is 6.26. The van der Waals surface area contributed by atoms with Gasteiger partial charge < -0.3 is 27.9 Å². The highest BCUT2D eigenvalue weighted by Gasteiger charge is 2.21. The lowest BCUT2D eigenvalue weighted by molar-refractivity contribution is -0.870. The van der Waals surface area contributed by atoms with Crippen molar-refractivity contribution in [3.05, 3.63) is 12.2 Å². The second-order valence-corrected chi connectivity index (χ2v) is 17.8. The molecule has 0 fully saturated rings. The summed E-state index contributed by atoms with van der Waals surface area (Å²) in [6, 6.07) is 0. The minimum absolute atomic E-state index is 0.0332. The molecule has 0 aromatic carbocycles. The van der Waals surface area contributed by atoms with Crippen LogP contribution in [0.15, 0.2) is 12.2 Å². The Bertz CT molecular complexity index is 938. The molecule has 0 aliphatic carbocycles. The van der Waals surface area contributed by atoms with Gasteiger partial charge in [-0.15, -0.1) is 0 Å². The Morgan fingerprint density at radius 2 is 0.981 bits per heavy atom. The first kappa shape index (κ1) is 52.8. The van der Waals surface area contributed by atoms with Gasteiger partial charge in [-0.25, -0.2) is 0 Å². The van der Waals surface area contributed by atoms with Crippen molar-refractivity contribution in [2.75, 3.05) is 47.5 Å². The van der Waals surface area contributed by atoms with Gasteiger partial charge in [-0.1, -0.05) is 180 Å². The molecule has 2 atom stereocenters. The van der Waals surface area contributed by atoms with Crippen LogP contribution in [0.5, 0.6) is 0 Å². The third-order valence-electron chi connectivity index (χ3n) is 9.80. The molecule has 0 heterocycles. The molecule has 320 valence electrons. The molecule has 0 N–H and O–H groups in total. The highest BCUT2D eigenvalue weighted by molar-refractivity contribution is 7.45. The Hall–Kier alpha value is -1.25. The third-order valence-corrected chi connectivity index (χ3v) is 10.8. The fourth-order valence-corrected chi connectivity index (χ4v) is 6.99. The zero-order chi connectivity index (χ0) is 40.0. The Morgan fingerprint density at radius 3 is 1.44 bits per heavy atom. The standard InChI is InChI=1S/C44H86NO8P/c1-6-8-10-12-14-16-18-20-22-24-26-28-30-32-34-36-43(46)50-40-42(41-52-54(48,49)51-39-38-45(3,4)5)53-44(47)37-35-33-31-29-27-25-23-21-19-17-15-13-11-9-7-2/h31,33,42H,6-30,32,34-41H2,1-5H3/b33-31+/t42-/m1/s1. The van der Waals surface area contributed by atoms with Crippen molar-refractivity contribution in [3.8, 4) is 0 Å². The van der Waals surface area contributed by atoms with Crippen molar-refractivity contribution >= 4 is 19.8 Å². The maximum Gasteiger partial charge on any atom is 0.306 e. The second kappa shape index (κ2) is 37.3. The summed E-state index contributed by atoms with van der Waals surface area (Å²) < 4.78 is 33.8. The van der Waals surface area contributed by atoms with Crippen LogP contribution in [-0.2, 0) is 32.7 Å². The average Bonchev–Trinajstić information content (AvgIpc) is 3.12. The lowest BCUT2D eigenvalue weighted by Crippen LogP contribution is -2.37. The SMILES string of the molecule is CCCCCCCCCCCCC/C=C/CCC(=O)O[C@H](COC(=O)CCCCCCCCCCCCCCCCC)COP(=O)([O-])OCC[N+](C)(C)C. The second-order valence-electron chi connectivity index (χ2n) is 16.4. The summed E-state index contributed by atoms with van der Waals surface area (Å²) in [5, 5.41) is 0. The van der Waals surface area contributed by atoms with Crippen molar-refractivity contribution in [2.45, 2.75) is 213 Å². The van der Waals surface area contributed by atoms with Crippen LogP contribution in [0.25, 0.3) is 0 Å². The van der Waals surface area contributed by atoms with Crippen LogP contribution in [0, 0.1) is 0 Å². The predicted octanol–water partition coefficient (Wildman–Crippen LogP) is 11.9. The van der Waals surface area contributed by atoms with Crippen LogP contribution < -0.4 is 4.89 Å². The largest absolute Gasteiger partial charge is 0.756 e. The van der Waals surface area contributed by atoms with E-state index in [0.29, 0.717) is 17.4 Å². The van der Waals surface area contributed by atoms with Gasteiger partial charge in [-0.2, -0.15) is 0 Å². The summed E-state index contributed by atoms with van der Waals surface area (Å²) in [5.74, 6) is -0.881. The Kier molecular flexibility index (Phi) is 36.5. The van der Waals surface area contributed by atoms with Crippen LogP contribution in [-0.4, -0.2) is 70.0 Å². The number of hydrogen-bond acceptors (Lipinski definition) is 8. The molecule has 0 saturated heterocycles. The number of allylic oxidation sites excluding steroid dienone is 2. The minimum Gasteiger partial charge on any atom is -0.756 e. The van der Waals surface area contributed by atoms with Crippen molar-refractivity contribution in [3.63, 3.8) is 0 Å². The van der Waals surface area contributed by atoms with Crippen LogP contribution in [0.2, 0.25) is 0 Å². The molecule has 0 bridgehead atoms. The van der Waals surface area contributed by atoms with E-state index in [2.05, 4.69) is 19.9 Å². The normalized spacial score (nSPS) is 13.7. The quantitative estimate of drug-likeness (QED) is 0.0198. The van der Waals surface area contributed by atoms with Crippen molar-refractivity contribution in [2.24, 2.45) is 0 Å². The van der Waals surface area contributed by atoms with E-state index in [9.17, 15) is 19.0 Å². The van der Waals surface area contributed by atoms with Gasteiger partial charge in [0.2, 0.25) is 0 Å². The first-order valence-corrected chi connectivity index (χ1v) is 23.9. The summed E-state index contributed by atoms with van der Waals surface area (Å²) in [4.78, 5) is 37.5. The van der Waals surface area contributed by atoms with Crippen LogP contribution in [0.1, 0.15) is 206 Å². The van der Waals surface area contributed by atoms with Gasteiger partial charge >= 0.3 is 11.9 Å². The summed E-state index contributed by atoms with van der Waals surface area (Å²) in [5.41, 5.74) is 0. The molecule has 0 amide bonds. The molecule has 1 unspecified atom stereocenters. The Labute approximate surface area is 333 Å². The number of ether oxygens (including phenoxy) is 2. The molecule has 9 nitrogen and oxygen atoms in total. The van der Waals surface area contributed by atoms with E-state index in [-0.39, 0.29) is 32.0 Å². The molecule has 0 aliphatic heterocycles. The predicted molar refractivity (Wildman–Crippen MR) is 222 cm³/mol. The molecule has 0 saturated carbocycles. The minimum atomic E-state index is -4.63. The number of rotatable bonds is 41. The summed E-state index contributed by atoms with van der Waals surface area (Å²) >= 11 is 0. The number of phosphoric ester groups is 1. The van der Waals surface area contributed by atoms with Crippen LogP contribution in [0.3, 0.4) is 0 Å². The van der Waals surface area contributed by atoms with Gasteiger partial charge in [0, 0.05) is 12.8 Å². The van der Waals surface area contributed by atoms with Crippen LogP contribution >= 0.6 is 7.82 Å². The third kappa shape index (κ3) is 40.4. The number of carbonyl (C=O) groups is 2. The maximum absolute atomic E-state index is 12.6. The Balaban J connectivity index is 4.36. The summed E-state index contributed by atoms with van der Waals surface area (Å²) in [6.07, 6.45) is 38.2. The van der Waals surface area contributed by atoms with E-state index < -0.39 is 26.5 Å². The van der Waals surface area contributed by atoms with Crippen LogP contribution in [0.4, 0.5) is 0 Å². The van der Waals surface area contributed by atoms with Crippen molar-refractivity contribution in [1.82, 2.24) is 0 Å². The fraction of sp³-hybridized carbons (Fsp3) is 0.909. The lowest BCUT2D eigenvalue weighted by Gasteiger charge is -2.28. The summed E-state index contributed by atoms with van der Waals surface area (Å²) in [6.45, 7) is 4.21. The van der Waals surface area contributed by atoms with E-state index in [1.165, 1.54) is 141 Å². The number of carbonyl (C=O) groups excluding carboxylic acids is 2. The van der Waals surface area contributed by atoms with Gasteiger partial charge in [0.25, 0.3) is 7.82 Å². The zero-order valence-electron chi connectivity index (χ0n) is 35.9. The first-order valence-electron chi connectivity index (χ1n) is 22.4. The first-order chi connectivity index (χ1) is 26.0. The highest BCUT2D eigenvalue weighted by atomic mass is 31.2. The monoisotopic (exact) mass is 788 g/mol. The number of esters is 2. The lowest BCUT2D eigenvalue weighted by atomic mass is 10.0. The van der Waals surface area contributed by atoms with E-state index in [1.54, 1.807) is 0 Å². The molecule has 0 aromatic heterocycles. The van der Waals surface area contributed by atoms with Gasteiger partial charge in [-0.05, 0) is 25.7 Å². The smallest absolute Gasteiger partial charge is 0.306 e. The number of unbranched alkanes of at least 4 members (excludes halogenated alkanes) is 25. The van der Waals surface area contributed by atoms with Gasteiger partial charge in [0.1, 0.15) is 19.8 Å². The molecule has 54 heavy (non-hydrogen) atoms. The molecular formula is C44H86NO8P. The number of quaternary nitrogens is 1. The van der Waals surface area contributed by atoms with Crippen molar-refractivity contribution < 1.29 is 42.1 Å². The topological polar surface area (TPSA) is 111 Å². The van der Waals surface area contributed by atoms with E-state index >= 15 is 0 Å². The van der Waals surface area contributed by atoms with E-state index in [1.807, 2.05) is 27.2 Å². The highest BCUT2D eigenvalue weighted by Crippen LogP contribution is 2.38. The van der Waals surface area contributed by atoms with Crippen molar-refractivity contribution in [1.29, 1.82) is 0 Å². The molecule has 0 aliphatic rings. The molecule has 0 aromatic rings. The molecule has 0 rings (SSSR count). The number of hydrogen-bond donors (Lipinski definition) is 0. The van der Waals surface area contributed by atoms with Gasteiger partial charge in [0.05, 0.1) is 27.7 Å². The van der Waals surface area contributed by atoms with Gasteiger partial charge in [-0.3, -0.25) is 14.2 Å². The summed E-state index contributed by atoms with van der Waals surface area (Å²) in [7, 11) is 1.16. The van der Waals surface area contributed by atoms with E-state index in [0.717, 1.165) is 32.1 Å². The molecular weight excluding hydrogens is 701 g/mol. The Morgan fingerprint density at radius 1 is 0.556 bits per heavy atom. The average molecular weight is 788 g/mol. The number of likely N-dealkylation sites (N-methyl/N-ethyl adjacent to an activating group) is 1. The molecule has 10 heteroatoms. The number of phosphoric acid groups is 1. The zero-order valence-corrected chi connectivity index (χ0v) is 36.8. The number of nitrogens with zero attached hydrogens (tertiary/aromatic N) is 1. The van der Waals surface area contributed by atoms with Gasteiger partial charge in [0.15, 0.2) is 6.10 Å². The maximum atomic E-state index is 12.6. The van der Waals surface area contributed by atoms with E-state index in [4.69, 9.17) is 18.5 Å². The molecule has 0 radical (unpaired) electrons. The molecule has 0 spiro atoms.